The number of hydrogen-bond acceptors (Lipinski definition) is 3. The van der Waals surface area contributed by atoms with Crippen molar-refractivity contribution < 1.29 is 9.21 Å². The highest BCUT2D eigenvalue weighted by atomic mass is 16.3. The van der Waals surface area contributed by atoms with Crippen molar-refractivity contribution in [1.82, 2.24) is 10.2 Å². The highest BCUT2D eigenvalue weighted by Gasteiger charge is 2.24. The zero-order valence-electron chi connectivity index (χ0n) is 9.61. The van der Waals surface area contributed by atoms with Gasteiger partial charge in [-0.15, -0.1) is 0 Å². The Bertz CT molecular complexity index is 335. The largest absolute Gasteiger partial charge is 0.472 e. The van der Waals surface area contributed by atoms with Gasteiger partial charge in [-0.25, -0.2) is 0 Å². The van der Waals surface area contributed by atoms with Gasteiger partial charge < -0.3 is 9.73 Å². The molecule has 16 heavy (non-hydrogen) atoms. The van der Waals surface area contributed by atoms with Crippen LogP contribution < -0.4 is 5.32 Å². The summed E-state index contributed by atoms with van der Waals surface area (Å²) in [6, 6.07) is 1.99. The van der Waals surface area contributed by atoms with Crippen molar-refractivity contribution in [2.24, 2.45) is 5.92 Å². The summed E-state index contributed by atoms with van der Waals surface area (Å²) in [6.07, 6.45) is 5.25. The van der Waals surface area contributed by atoms with Crippen molar-refractivity contribution in [3.8, 4) is 0 Å². The lowest BCUT2D eigenvalue weighted by Crippen LogP contribution is -2.24. The van der Waals surface area contributed by atoms with Crippen molar-refractivity contribution >= 4 is 5.91 Å². The zero-order chi connectivity index (χ0) is 11.4. The summed E-state index contributed by atoms with van der Waals surface area (Å²) < 4.78 is 5.04. The molecule has 1 N–H and O–H groups in total. The number of furan rings is 1. The van der Waals surface area contributed by atoms with Crippen LogP contribution in [0.25, 0.3) is 0 Å². The molecule has 0 aromatic carbocycles. The highest BCUT2D eigenvalue weighted by Crippen LogP contribution is 2.21. The third-order valence-electron chi connectivity index (χ3n) is 3.11. The van der Waals surface area contributed by atoms with E-state index >= 15 is 0 Å². The van der Waals surface area contributed by atoms with Crippen molar-refractivity contribution in [1.29, 1.82) is 0 Å². The summed E-state index contributed by atoms with van der Waals surface area (Å²) >= 11 is 0. The molecule has 1 aromatic heterocycles. The standard InChI is InChI=1S/C12H18N2O2/c1-13-12(15)6-10-2-4-14(7-10)8-11-3-5-16-9-11/h3,5,9-10H,2,4,6-8H2,1H3,(H,13,15). The fourth-order valence-corrected chi connectivity index (χ4v) is 2.23. The second kappa shape index (κ2) is 5.16. The van der Waals surface area contributed by atoms with Gasteiger partial charge in [0.05, 0.1) is 12.5 Å². The molecule has 0 spiro atoms. The fourth-order valence-electron chi connectivity index (χ4n) is 2.23. The molecule has 1 fully saturated rings. The molecule has 1 amide bonds. The van der Waals surface area contributed by atoms with Gasteiger partial charge in [0.2, 0.25) is 5.91 Å². The first-order valence-corrected chi connectivity index (χ1v) is 5.72. The van der Waals surface area contributed by atoms with E-state index in [-0.39, 0.29) is 5.91 Å². The number of likely N-dealkylation sites (tertiary alicyclic amines) is 1. The van der Waals surface area contributed by atoms with Crippen molar-refractivity contribution in [2.75, 3.05) is 20.1 Å². The van der Waals surface area contributed by atoms with Crippen molar-refractivity contribution in [3.05, 3.63) is 24.2 Å². The van der Waals surface area contributed by atoms with E-state index in [1.54, 1.807) is 19.6 Å². The summed E-state index contributed by atoms with van der Waals surface area (Å²) in [5.41, 5.74) is 1.21. The molecule has 0 aliphatic carbocycles. The predicted octanol–water partition coefficient (Wildman–Crippen LogP) is 1.24. The molecule has 1 saturated heterocycles. The van der Waals surface area contributed by atoms with Gasteiger partial charge in [0.1, 0.15) is 0 Å². The van der Waals surface area contributed by atoms with Crippen LogP contribution in [0.3, 0.4) is 0 Å². The quantitative estimate of drug-likeness (QED) is 0.833. The van der Waals surface area contributed by atoms with Crippen LogP contribution in [0.15, 0.2) is 23.0 Å². The Hall–Kier alpha value is -1.29. The van der Waals surface area contributed by atoms with Crippen LogP contribution in [-0.2, 0) is 11.3 Å². The summed E-state index contributed by atoms with van der Waals surface area (Å²) in [4.78, 5) is 13.6. The Morgan fingerprint density at radius 3 is 3.25 bits per heavy atom. The number of amides is 1. The molecule has 1 aliphatic rings. The molecule has 88 valence electrons. The van der Waals surface area contributed by atoms with E-state index in [1.165, 1.54) is 5.56 Å². The normalized spacial score (nSPS) is 21.2. The molecule has 0 bridgehead atoms. The van der Waals surface area contributed by atoms with Gasteiger partial charge in [-0.05, 0) is 24.9 Å². The Morgan fingerprint density at radius 2 is 2.56 bits per heavy atom. The van der Waals surface area contributed by atoms with E-state index in [0.717, 1.165) is 26.1 Å². The topological polar surface area (TPSA) is 45.5 Å². The molecular formula is C12H18N2O2. The van der Waals surface area contributed by atoms with E-state index in [1.807, 2.05) is 6.07 Å². The van der Waals surface area contributed by atoms with E-state index < -0.39 is 0 Å². The van der Waals surface area contributed by atoms with Crippen LogP contribution in [0, 0.1) is 5.92 Å². The van der Waals surface area contributed by atoms with E-state index in [0.29, 0.717) is 12.3 Å². The lowest BCUT2D eigenvalue weighted by atomic mass is 10.0. The fraction of sp³-hybridized carbons (Fsp3) is 0.583. The molecule has 4 nitrogen and oxygen atoms in total. The van der Waals surface area contributed by atoms with Crippen LogP contribution >= 0.6 is 0 Å². The summed E-state index contributed by atoms with van der Waals surface area (Å²) in [5, 5.41) is 2.68. The maximum absolute atomic E-state index is 11.2. The molecule has 1 atom stereocenters. The molecule has 0 radical (unpaired) electrons. The highest BCUT2D eigenvalue weighted by molar-refractivity contribution is 5.75. The first-order chi connectivity index (χ1) is 7.78. The summed E-state index contributed by atoms with van der Waals surface area (Å²) in [5.74, 6) is 0.655. The van der Waals surface area contributed by atoms with Gasteiger partial charge in [-0.2, -0.15) is 0 Å². The third kappa shape index (κ3) is 2.85. The maximum atomic E-state index is 11.2. The van der Waals surface area contributed by atoms with Gasteiger partial charge in [-0.3, -0.25) is 9.69 Å². The second-order valence-electron chi connectivity index (χ2n) is 4.40. The van der Waals surface area contributed by atoms with Gasteiger partial charge >= 0.3 is 0 Å². The molecule has 2 rings (SSSR count). The molecule has 1 aliphatic heterocycles. The van der Waals surface area contributed by atoms with Crippen molar-refractivity contribution in [2.45, 2.75) is 19.4 Å². The maximum Gasteiger partial charge on any atom is 0.220 e. The van der Waals surface area contributed by atoms with Crippen LogP contribution in [0.5, 0.6) is 0 Å². The Kier molecular flexibility index (Phi) is 3.62. The van der Waals surface area contributed by atoms with E-state index in [9.17, 15) is 4.79 Å². The predicted molar refractivity (Wildman–Crippen MR) is 60.8 cm³/mol. The molecule has 1 aromatic rings. The molecular weight excluding hydrogens is 204 g/mol. The minimum absolute atomic E-state index is 0.148. The number of hydrogen-bond donors (Lipinski definition) is 1. The average molecular weight is 222 g/mol. The van der Waals surface area contributed by atoms with Crippen LogP contribution in [0.1, 0.15) is 18.4 Å². The van der Waals surface area contributed by atoms with Crippen LogP contribution in [-0.4, -0.2) is 30.9 Å². The third-order valence-corrected chi connectivity index (χ3v) is 3.11. The smallest absolute Gasteiger partial charge is 0.220 e. The lowest BCUT2D eigenvalue weighted by Gasteiger charge is -2.14. The van der Waals surface area contributed by atoms with Crippen LogP contribution in [0.4, 0.5) is 0 Å². The van der Waals surface area contributed by atoms with Crippen LogP contribution in [0.2, 0.25) is 0 Å². The van der Waals surface area contributed by atoms with Gasteiger partial charge in [0.25, 0.3) is 0 Å². The molecule has 0 saturated carbocycles. The first kappa shape index (κ1) is 11.2. The van der Waals surface area contributed by atoms with Crippen molar-refractivity contribution in [3.63, 3.8) is 0 Å². The number of rotatable bonds is 4. The van der Waals surface area contributed by atoms with Gasteiger partial charge in [-0.1, -0.05) is 0 Å². The lowest BCUT2D eigenvalue weighted by molar-refractivity contribution is -0.121. The van der Waals surface area contributed by atoms with Gasteiger partial charge in [0, 0.05) is 32.1 Å². The number of carbonyl (C=O) groups is 1. The number of nitrogens with zero attached hydrogens (tertiary/aromatic N) is 1. The second-order valence-corrected chi connectivity index (χ2v) is 4.40. The van der Waals surface area contributed by atoms with E-state index in [2.05, 4.69) is 10.2 Å². The Morgan fingerprint density at radius 1 is 1.69 bits per heavy atom. The molecule has 4 heteroatoms. The zero-order valence-corrected chi connectivity index (χ0v) is 9.61. The Balaban J connectivity index is 1.77. The average Bonchev–Trinajstić information content (AvgIpc) is 2.91. The SMILES string of the molecule is CNC(=O)CC1CCN(Cc2ccoc2)C1. The summed E-state index contributed by atoms with van der Waals surface area (Å²) in [6.45, 7) is 3.02. The first-order valence-electron chi connectivity index (χ1n) is 5.72. The molecule has 1 unspecified atom stereocenters. The minimum Gasteiger partial charge on any atom is -0.472 e. The Labute approximate surface area is 95.6 Å². The van der Waals surface area contributed by atoms with Gasteiger partial charge in [0.15, 0.2) is 0 Å². The van der Waals surface area contributed by atoms with E-state index in [4.69, 9.17) is 4.42 Å². The molecule has 2 heterocycles. The number of carbonyl (C=O) groups excluding carboxylic acids is 1. The number of nitrogens with one attached hydrogen (secondary N) is 1. The monoisotopic (exact) mass is 222 g/mol. The summed E-state index contributed by atoms with van der Waals surface area (Å²) in [7, 11) is 1.69. The minimum atomic E-state index is 0.148.